The van der Waals surface area contributed by atoms with Crippen molar-refractivity contribution in [2.24, 2.45) is 0 Å². The Morgan fingerprint density at radius 1 is 0.457 bits per heavy atom. The Morgan fingerprint density at radius 3 is 1.11 bits per heavy atom. The maximum Gasteiger partial charge on any atom is 0.243 e. The van der Waals surface area contributed by atoms with Crippen molar-refractivity contribution in [1.82, 2.24) is 12.9 Å². The summed E-state index contributed by atoms with van der Waals surface area (Å²) in [4.78, 5) is 0.270. The van der Waals surface area contributed by atoms with Gasteiger partial charge in [-0.05, 0) is 70.0 Å². The van der Waals surface area contributed by atoms with Crippen LogP contribution in [0, 0.1) is 20.8 Å². The van der Waals surface area contributed by atoms with E-state index >= 15 is 0 Å². The molecule has 0 aromatic heterocycles. The Kier molecular flexibility index (Phi) is 13.9. The molecule has 0 amide bonds. The molecule has 13 heteroatoms. The monoisotopic (exact) mass is 693 g/mol. The van der Waals surface area contributed by atoms with Crippen LogP contribution in [0.4, 0.5) is 0 Å². The van der Waals surface area contributed by atoms with Crippen molar-refractivity contribution < 1.29 is 30.4 Å². The van der Waals surface area contributed by atoms with Crippen molar-refractivity contribution in [1.29, 1.82) is 0 Å². The number of hydrogen-bond donors (Lipinski definition) is 1. The first-order valence-corrected chi connectivity index (χ1v) is 19.9. The molecule has 0 spiro atoms. The van der Waals surface area contributed by atoms with Gasteiger partial charge >= 0.3 is 0 Å². The minimum absolute atomic E-state index is 0.0412. The number of aliphatic hydroxyl groups is 1. The Bertz CT molecular complexity index is 1710. The molecular weight excluding hydrogens is 647 g/mol. The van der Waals surface area contributed by atoms with Crippen LogP contribution in [0.5, 0.6) is 0 Å². The Morgan fingerprint density at radius 2 is 0.761 bits per heavy atom. The number of rotatable bonds is 19. The number of unbranched alkanes of at least 4 members (excludes halogenated alkanes) is 3. The lowest BCUT2D eigenvalue weighted by molar-refractivity contribution is 0.280. The van der Waals surface area contributed by atoms with Crippen molar-refractivity contribution in [2.45, 2.75) is 68.1 Å². The van der Waals surface area contributed by atoms with Crippen molar-refractivity contribution in [3.05, 3.63) is 89.5 Å². The van der Waals surface area contributed by atoms with E-state index in [1.54, 1.807) is 55.5 Å². The number of hydrogen-bond acceptors (Lipinski definition) is 7. The van der Waals surface area contributed by atoms with Gasteiger partial charge < -0.3 is 5.11 Å². The van der Waals surface area contributed by atoms with Gasteiger partial charge in [-0.3, -0.25) is 0 Å². The highest BCUT2D eigenvalue weighted by Crippen LogP contribution is 2.22. The van der Waals surface area contributed by atoms with Gasteiger partial charge in [0, 0.05) is 45.9 Å². The molecule has 3 aromatic rings. The normalized spacial score (nSPS) is 12.8. The molecule has 3 aromatic carbocycles. The minimum Gasteiger partial charge on any atom is -0.396 e. The largest absolute Gasteiger partial charge is 0.396 e. The summed E-state index contributed by atoms with van der Waals surface area (Å²) < 4.78 is 86.2. The van der Waals surface area contributed by atoms with Crippen LogP contribution in [-0.4, -0.2) is 89.2 Å². The molecule has 10 nitrogen and oxygen atoms in total. The predicted octanol–water partition coefficient (Wildman–Crippen LogP) is 4.56. The number of aliphatic hydroxyl groups excluding tert-OH is 1. The first-order valence-electron chi connectivity index (χ1n) is 15.5. The highest BCUT2D eigenvalue weighted by molar-refractivity contribution is 7.89. The molecule has 0 aliphatic heterocycles. The lowest BCUT2D eigenvalue weighted by Gasteiger charge is -2.29. The van der Waals surface area contributed by atoms with E-state index in [1.807, 2.05) is 20.8 Å². The van der Waals surface area contributed by atoms with E-state index in [1.165, 1.54) is 37.2 Å². The quantitative estimate of drug-likeness (QED) is 0.182. The molecule has 0 fully saturated rings. The van der Waals surface area contributed by atoms with Gasteiger partial charge in [0.15, 0.2) is 0 Å². The van der Waals surface area contributed by atoms with Gasteiger partial charge in [0.05, 0.1) is 14.7 Å². The zero-order valence-electron chi connectivity index (χ0n) is 27.2. The average Bonchev–Trinajstić information content (AvgIpc) is 3.01. The Labute approximate surface area is 275 Å². The molecular formula is C33H47N3O7S3. The molecule has 0 heterocycles. The molecule has 3 rings (SSSR count). The van der Waals surface area contributed by atoms with Crippen LogP contribution in [0.25, 0.3) is 0 Å². The summed E-state index contributed by atoms with van der Waals surface area (Å²) in [7, 11) is -12.0. The van der Waals surface area contributed by atoms with Gasteiger partial charge in [-0.15, -0.1) is 0 Å². The molecule has 0 saturated heterocycles. The van der Waals surface area contributed by atoms with Gasteiger partial charge in [-0.2, -0.15) is 12.9 Å². The number of benzene rings is 3. The summed E-state index contributed by atoms with van der Waals surface area (Å²) in [5.41, 5.74) is 2.70. The second-order valence-electron chi connectivity index (χ2n) is 11.4. The van der Waals surface area contributed by atoms with E-state index in [0.29, 0.717) is 19.3 Å². The molecule has 254 valence electrons. The van der Waals surface area contributed by atoms with Crippen LogP contribution in [0.2, 0.25) is 0 Å². The third-order valence-electron chi connectivity index (χ3n) is 7.84. The van der Waals surface area contributed by atoms with Crippen LogP contribution in [-0.2, 0) is 30.1 Å². The van der Waals surface area contributed by atoms with Gasteiger partial charge in [0.1, 0.15) is 0 Å². The first-order chi connectivity index (χ1) is 21.7. The van der Waals surface area contributed by atoms with E-state index in [2.05, 4.69) is 0 Å². The topological polar surface area (TPSA) is 132 Å². The second kappa shape index (κ2) is 17.0. The van der Waals surface area contributed by atoms with Crippen molar-refractivity contribution in [3.63, 3.8) is 0 Å². The highest BCUT2D eigenvalue weighted by atomic mass is 32.2. The van der Waals surface area contributed by atoms with Crippen molar-refractivity contribution in [2.75, 3.05) is 45.9 Å². The summed E-state index contributed by atoms with van der Waals surface area (Å²) in [6.45, 7) is 7.01. The zero-order valence-corrected chi connectivity index (χ0v) is 29.6. The third kappa shape index (κ3) is 9.93. The maximum absolute atomic E-state index is 14.0. The van der Waals surface area contributed by atoms with E-state index in [9.17, 15) is 25.3 Å². The van der Waals surface area contributed by atoms with E-state index < -0.39 is 30.1 Å². The SMILES string of the molecule is CCN(CCN(CCN(CCCCCCO)S(=O)(=O)c1ccc(C)cc1)S(=O)(=O)c1ccc(C)cc1)S(=O)(=O)c1ccc(C)cc1. The van der Waals surface area contributed by atoms with Crippen LogP contribution in [0.1, 0.15) is 49.3 Å². The van der Waals surface area contributed by atoms with Gasteiger partial charge in [-0.25, -0.2) is 25.3 Å². The van der Waals surface area contributed by atoms with Crippen LogP contribution in [0.3, 0.4) is 0 Å². The van der Waals surface area contributed by atoms with E-state index in [-0.39, 0.29) is 60.6 Å². The van der Waals surface area contributed by atoms with Crippen molar-refractivity contribution >= 4 is 30.1 Å². The van der Waals surface area contributed by atoms with Crippen LogP contribution in [0.15, 0.2) is 87.5 Å². The summed E-state index contributed by atoms with van der Waals surface area (Å²) in [6.07, 6.45) is 2.60. The summed E-state index contributed by atoms with van der Waals surface area (Å²) >= 11 is 0. The minimum atomic E-state index is -4.12. The van der Waals surface area contributed by atoms with Crippen LogP contribution < -0.4 is 0 Å². The lowest BCUT2D eigenvalue weighted by atomic mass is 10.2. The van der Waals surface area contributed by atoms with Crippen molar-refractivity contribution in [3.8, 4) is 0 Å². The third-order valence-corrected chi connectivity index (χ3v) is 13.7. The van der Waals surface area contributed by atoms with Gasteiger partial charge in [0.2, 0.25) is 30.1 Å². The number of aryl methyl sites for hydroxylation is 3. The average molecular weight is 694 g/mol. The standard InChI is InChI=1S/C33H47N3O7S3/c1-5-34(44(38,39)31-16-10-28(2)11-17-31)23-24-36(46(42,43)33-20-14-30(4)15-21-33)26-25-35(22-8-6-7-9-27-37)45(40,41)32-18-12-29(3)13-19-32/h10-21,37H,5-9,22-27H2,1-4H3. The van der Waals surface area contributed by atoms with E-state index in [0.717, 1.165) is 23.1 Å². The number of likely N-dealkylation sites (N-methyl/N-ethyl adjacent to an activating group) is 1. The fourth-order valence-electron chi connectivity index (χ4n) is 4.93. The fraction of sp³-hybridized carbons (Fsp3) is 0.455. The molecule has 46 heavy (non-hydrogen) atoms. The lowest BCUT2D eigenvalue weighted by Crippen LogP contribution is -2.45. The second-order valence-corrected chi connectivity index (χ2v) is 17.2. The molecule has 0 atom stereocenters. The molecule has 0 bridgehead atoms. The fourth-order valence-corrected chi connectivity index (χ4v) is 9.26. The molecule has 0 aliphatic carbocycles. The molecule has 0 aliphatic rings. The Balaban J connectivity index is 1.93. The predicted molar refractivity (Wildman–Crippen MR) is 181 cm³/mol. The summed E-state index contributed by atoms with van der Waals surface area (Å²) in [5, 5.41) is 9.13. The van der Waals surface area contributed by atoms with Crippen LogP contribution >= 0.6 is 0 Å². The molecule has 1 N–H and O–H groups in total. The highest BCUT2D eigenvalue weighted by Gasteiger charge is 2.31. The molecule has 0 radical (unpaired) electrons. The molecule has 0 unspecified atom stereocenters. The Hall–Kier alpha value is -2.65. The molecule has 0 saturated carbocycles. The van der Waals surface area contributed by atoms with Gasteiger partial charge in [-0.1, -0.05) is 72.9 Å². The summed E-state index contributed by atoms with van der Waals surface area (Å²) in [6, 6.07) is 19.4. The number of sulfonamides is 3. The number of nitrogens with zero attached hydrogens (tertiary/aromatic N) is 3. The zero-order chi connectivity index (χ0) is 34.0. The smallest absolute Gasteiger partial charge is 0.243 e. The maximum atomic E-state index is 14.0. The first kappa shape index (κ1) is 37.8. The summed E-state index contributed by atoms with van der Waals surface area (Å²) in [5.74, 6) is 0. The van der Waals surface area contributed by atoms with Gasteiger partial charge in [0.25, 0.3) is 0 Å². The van der Waals surface area contributed by atoms with E-state index in [4.69, 9.17) is 5.11 Å².